The average Bonchev–Trinajstić information content (AvgIpc) is 3.63. The first-order valence-corrected chi connectivity index (χ1v) is 12.2. The van der Waals surface area contributed by atoms with Crippen LogP contribution in [0.1, 0.15) is 19.8 Å². The van der Waals surface area contributed by atoms with E-state index < -0.39 is 21.4 Å². The van der Waals surface area contributed by atoms with Crippen LogP contribution in [0.2, 0.25) is 0 Å². The molecule has 1 aromatic carbocycles. The van der Waals surface area contributed by atoms with Gasteiger partial charge in [-0.1, -0.05) is 12.1 Å². The van der Waals surface area contributed by atoms with Crippen LogP contribution in [0.4, 0.5) is 5.95 Å². The summed E-state index contributed by atoms with van der Waals surface area (Å²) in [6.45, 7) is 1.47. The Morgan fingerprint density at radius 2 is 1.68 bits per heavy atom. The molecule has 182 valence electrons. The van der Waals surface area contributed by atoms with Gasteiger partial charge in [0.05, 0.1) is 27.4 Å². The number of benzene rings is 1. The van der Waals surface area contributed by atoms with Gasteiger partial charge in [0.15, 0.2) is 5.82 Å². The summed E-state index contributed by atoms with van der Waals surface area (Å²) in [7, 11) is 0.453. The molecule has 11 nitrogen and oxygen atoms in total. The normalized spacial score (nSPS) is 15.4. The lowest BCUT2D eigenvalue weighted by molar-refractivity contribution is 0.150. The quantitative estimate of drug-likeness (QED) is 0.439. The Bertz CT molecular complexity index is 1250. The predicted octanol–water partition coefficient (Wildman–Crippen LogP) is 2.26. The summed E-state index contributed by atoms with van der Waals surface area (Å²) in [6, 6.07) is 10.3. The molecule has 1 saturated carbocycles. The van der Waals surface area contributed by atoms with Gasteiger partial charge in [-0.05, 0) is 43.9 Å². The summed E-state index contributed by atoms with van der Waals surface area (Å²) in [4.78, 5) is 4.42. The number of pyridine rings is 1. The molecule has 2 atom stereocenters. The third-order valence-electron chi connectivity index (χ3n) is 5.76. The fourth-order valence-corrected chi connectivity index (χ4v) is 4.82. The maximum Gasteiger partial charge on any atom is 0.243 e. The number of aromatic nitrogens is 4. The monoisotopic (exact) mass is 489 g/mol. The van der Waals surface area contributed by atoms with E-state index in [0.29, 0.717) is 28.8 Å². The molecule has 12 heteroatoms. The van der Waals surface area contributed by atoms with Crippen LogP contribution >= 0.6 is 0 Å². The van der Waals surface area contributed by atoms with Crippen molar-refractivity contribution in [2.45, 2.75) is 31.1 Å². The molecule has 3 aromatic rings. The van der Waals surface area contributed by atoms with Crippen LogP contribution in [0.15, 0.2) is 36.4 Å². The molecule has 0 amide bonds. The van der Waals surface area contributed by atoms with Gasteiger partial charge in [-0.25, -0.2) is 13.4 Å². The molecule has 2 N–H and O–H groups in total. The Labute approximate surface area is 197 Å². The summed E-state index contributed by atoms with van der Waals surface area (Å²) >= 11 is 0. The molecule has 0 aliphatic heterocycles. The summed E-state index contributed by atoms with van der Waals surface area (Å²) in [5, 5.41) is 17.7. The van der Waals surface area contributed by atoms with Crippen LogP contribution in [-0.4, -0.2) is 66.0 Å². The number of anilines is 1. The Kier molecular flexibility index (Phi) is 6.62. The maximum absolute atomic E-state index is 13.2. The minimum absolute atomic E-state index is 0.0182. The lowest BCUT2D eigenvalue weighted by Crippen LogP contribution is -2.37. The predicted molar refractivity (Wildman–Crippen MR) is 125 cm³/mol. The number of aliphatic hydroxyl groups excluding tert-OH is 1. The molecule has 4 rings (SSSR count). The molecular weight excluding hydrogens is 462 g/mol. The molecule has 1 aliphatic rings. The Morgan fingerprint density at radius 1 is 1.03 bits per heavy atom. The summed E-state index contributed by atoms with van der Waals surface area (Å²) in [6.07, 6.45) is 0.636. The number of hydrogen-bond donors (Lipinski definition) is 2. The number of sulfonamides is 1. The highest BCUT2D eigenvalue weighted by molar-refractivity contribution is 7.93. The van der Waals surface area contributed by atoms with E-state index in [1.807, 2.05) is 0 Å². The van der Waals surface area contributed by atoms with Crippen molar-refractivity contribution >= 4 is 16.0 Å². The van der Waals surface area contributed by atoms with Crippen molar-refractivity contribution in [3.8, 4) is 34.6 Å². The largest absolute Gasteiger partial charge is 0.494 e. The van der Waals surface area contributed by atoms with E-state index >= 15 is 0 Å². The van der Waals surface area contributed by atoms with Crippen molar-refractivity contribution in [3.05, 3.63) is 36.4 Å². The van der Waals surface area contributed by atoms with Crippen LogP contribution in [0, 0.1) is 5.92 Å². The number of rotatable bonds is 10. The van der Waals surface area contributed by atoms with Gasteiger partial charge >= 0.3 is 0 Å². The van der Waals surface area contributed by atoms with E-state index in [1.165, 1.54) is 32.8 Å². The standard InChI is InChI=1S/C22H27N5O6S/c1-13(20(28)14-11-12-14)34(29,30)26-22-25-24-21(15-7-5-10-18(23-15)33-4)27(22)19-16(31-2)8-6-9-17(19)32-3/h5-10,13-14,20,28H,11-12H2,1-4H3,(H,25,26)/t13-,20+/m1/s1. The van der Waals surface area contributed by atoms with E-state index in [0.717, 1.165) is 12.8 Å². The SMILES string of the molecule is COc1cccc(-c2nnc(NS(=O)(=O)[C@H](C)[C@H](O)C3CC3)n2-c2c(OC)cccc2OC)n1. The van der Waals surface area contributed by atoms with Crippen LogP contribution in [-0.2, 0) is 10.0 Å². The lowest BCUT2D eigenvalue weighted by atomic mass is 10.2. The van der Waals surface area contributed by atoms with Gasteiger partial charge < -0.3 is 19.3 Å². The average molecular weight is 490 g/mol. The molecule has 0 spiro atoms. The zero-order chi connectivity index (χ0) is 24.5. The first-order valence-electron chi connectivity index (χ1n) is 10.7. The summed E-state index contributed by atoms with van der Waals surface area (Å²) in [5.74, 6) is 1.26. The minimum atomic E-state index is -4.02. The molecule has 1 aliphatic carbocycles. The van der Waals surface area contributed by atoms with E-state index in [1.54, 1.807) is 36.4 Å². The molecular formula is C22H27N5O6S. The van der Waals surface area contributed by atoms with Crippen molar-refractivity contribution in [3.63, 3.8) is 0 Å². The molecule has 0 bridgehead atoms. The van der Waals surface area contributed by atoms with E-state index in [9.17, 15) is 13.5 Å². The molecule has 34 heavy (non-hydrogen) atoms. The molecule has 2 aromatic heterocycles. The van der Waals surface area contributed by atoms with E-state index in [2.05, 4.69) is 19.9 Å². The third kappa shape index (κ3) is 4.50. The Balaban J connectivity index is 1.88. The van der Waals surface area contributed by atoms with E-state index in [4.69, 9.17) is 14.2 Å². The van der Waals surface area contributed by atoms with Crippen molar-refractivity contribution in [1.29, 1.82) is 0 Å². The van der Waals surface area contributed by atoms with Gasteiger partial charge in [0, 0.05) is 6.07 Å². The fraction of sp³-hybridized carbons (Fsp3) is 0.409. The van der Waals surface area contributed by atoms with Gasteiger partial charge in [0.1, 0.15) is 28.1 Å². The number of para-hydroxylation sites is 1. The van der Waals surface area contributed by atoms with Crippen molar-refractivity contribution < 1.29 is 27.7 Å². The first-order chi connectivity index (χ1) is 16.3. The van der Waals surface area contributed by atoms with Gasteiger partial charge in [0.25, 0.3) is 0 Å². The molecule has 1 fully saturated rings. The summed E-state index contributed by atoms with van der Waals surface area (Å²) < 4.78 is 46.6. The van der Waals surface area contributed by atoms with Gasteiger partial charge in [-0.15, -0.1) is 10.2 Å². The van der Waals surface area contributed by atoms with Crippen LogP contribution < -0.4 is 18.9 Å². The first kappa shape index (κ1) is 23.8. The number of ether oxygens (including phenoxy) is 3. The molecule has 2 heterocycles. The highest BCUT2D eigenvalue weighted by Gasteiger charge is 2.40. The zero-order valence-corrected chi connectivity index (χ0v) is 20.1. The third-order valence-corrected chi connectivity index (χ3v) is 7.48. The van der Waals surface area contributed by atoms with Crippen molar-refractivity contribution in [1.82, 2.24) is 19.7 Å². The topological polar surface area (TPSA) is 138 Å². The number of hydrogen-bond acceptors (Lipinski definition) is 9. The Hall–Kier alpha value is -3.38. The van der Waals surface area contributed by atoms with E-state index in [-0.39, 0.29) is 17.7 Å². The van der Waals surface area contributed by atoms with Gasteiger partial charge in [-0.2, -0.15) is 0 Å². The smallest absolute Gasteiger partial charge is 0.243 e. The van der Waals surface area contributed by atoms with Crippen molar-refractivity contribution in [2.75, 3.05) is 26.1 Å². The number of methoxy groups -OCH3 is 3. The highest BCUT2D eigenvalue weighted by atomic mass is 32.2. The molecule has 0 saturated heterocycles. The molecule has 0 unspecified atom stereocenters. The van der Waals surface area contributed by atoms with Crippen LogP contribution in [0.25, 0.3) is 17.2 Å². The number of nitrogens with zero attached hydrogens (tertiary/aromatic N) is 4. The maximum atomic E-state index is 13.2. The highest BCUT2D eigenvalue weighted by Crippen LogP contribution is 2.39. The fourth-order valence-electron chi connectivity index (χ4n) is 3.66. The minimum Gasteiger partial charge on any atom is -0.494 e. The van der Waals surface area contributed by atoms with Gasteiger partial charge in [0.2, 0.25) is 21.9 Å². The zero-order valence-electron chi connectivity index (χ0n) is 19.3. The summed E-state index contributed by atoms with van der Waals surface area (Å²) in [5.41, 5.74) is 0.765. The van der Waals surface area contributed by atoms with Crippen LogP contribution in [0.3, 0.4) is 0 Å². The van der Waals surface area contributed by atoms with Crippen LogP contribution in [0.5, 0.6) is 17.4 Å². The second-order valence-electron chi connectivity index (χ2n) is 7.94. The van der Waals surface area contributed by atoms with Crippen molar-refractivity contribution in [2.24, 2.45) is 5.92 Å². The second-order valence-corrected chi connectivity index (χ2v) is 9.98. The lowest BCUT2D eigenvalue weighted by Gasteiger charge is -2.21. The number of nitrogens with one attached hydrogen (secondary N) is 1. The number of aliphatic hydroxyl groups is 1. The molecule has 0 radical (unpaired) electrons. The Morgan fingerprint density at radius 3 is 2.26 bits per heavy atom. The van der Waals surface area contributed by atoms with Gasteiger partial charge in [-0.3, -0.25) is 9.29 Å². The second kappa shape index (κ2) is 9.47.